The van der Waals surface area contributed by atoms with Crippen molar-refractivity contribution in [3.8, 4) is 55.6 Å². The fourth-order valence-electron chi connectivity index (χ4n) is 12.6. The Morgan fingerprint density at radius 2 is 0.383 bits per heavy atom. The molecule has 94 heavy (non-hydrogen) atoms. The summed E-state index contributed by atoms with van der Waals surface area (Å²) in [5, 5.41) is 0. The number of rotatable bonds is 19. The van der Waals surface area contributed by atoms with Crippen molar-refractivity contribution >= 4 is 80.4 Å². The Bertz CT molecular complexity index is 4570. The summed E-state index contributed by atoms with van der Waals surface area (Å²) in [5.74, 6) is 0. The van der Waals surface area contributed by atoms with E-state index in [1.807, 2.05) is 12.2 Å². The van der Waals surface area contributed by atoms with Gasteiger partial charge in [-0.15, -0.1) is 0 Å². The summed E-state index contributed by atoms with van der Waals surface area (Å²) in [5.41, 5.74) is 29.2. The predicted octanol–water partition coefficient (Wildman–Crippen LogP) is 25.8. The lowest BCUT2D eigenvalue weighted by Crippen LogP contribution is -2.10. The van der Waals surface area contributed by atoms with Gasteiger partial charge in [-0.25, -0.2) is 0 Å². The van der Waals surface area contributed by atoms with E-state index in [9.17, 15) is 0 Å². The fourth-order valence-corrected chi connectivity index (χ4v) is 12.6. The van der Waals surface area contributed by atoms with Crippen LogP contribution in [0.1, 0.15) is 22.3 Å². The first-order valence-corrected chi connectivity index (χ1v) is 32.0. The molecule has 14 rings (SSSR count). The molecular weight excluding hydrogens is 1140 g/mol. The van der Waals surface area contributed by atoms with Gasteiger partial charge in [0.1, 0.15) is 0 Å². The van der Waals surface area contributed by atoms with Crippen LogP contribution in [0.15, 0.2) is 365 Å². The van der Waals surface area contributed by atoms with E-state index in [0.29, 0.717) is 0 Å². The van der Waals surface area contributed by atoms with Gasteiger partial charge in [-0.3, -0.25) is 0 Å². The average Bonchev–Trinajstić information content (AvgIpc) is 0.884. The van der Waals surface area contributed by atoms with Crippen molar-refractivity contribution < 1.29 is 0 Å². The van der Waals surface area contributed by atoms with Gasteiger partial charge in [0.25, 0.3) is 0 Å². The summed E-state index contributed by atoms with van der Waals surface area (Å²) in [6.07, 6.45) is 3.76. The number of para-hydroxylation sites is 2. The first kappa shape index (κ1) is 59.4. The van der Waals surface area contributed by atoms with Crippen LogP contribution in [0.3, 0.4) is 0 Å². The van der Waals surface area contributed by atoms with Crippen molar-refractivity contribution in [3.05, 3.63) is 387 Å². The zero-order valence-corrected chi connectivity index (χ0v) is 52.8. The second-order valence-electron chi connectivity index (χ2n) is 23.7. The van der Waals surface area contributed by atoms with Crippen molar-refractivity contribution in [1.29, 1.82) is 0 Å². The summed E-state index contributed by atoms with van der Waals surface area (Å²) in [4.78, 5) is 9.34. The monoisotopic (exact) mass is 1210 g/mol. The van der Waals surface area contributed by atoms with Crippen molar-refractivity contribution in [2.45, 2.75) is 13.8 Å². The Hall–Kier alpha value is -12.2. The normalized spacial score (nSPS) is 11.0. The number of hydrogen-bond acceptors (Lipinski definition) is 4. The second kappa shape index (κ2) is 27.1. The molecule has 0 saturated heterocycles. The lowest BCUT2D eigenvalue weighted by Gasteiger charge is -2.27. The van der Waals surface area contributed by atoms with Crippen LogP contribution >= 0.6 is 0 Å². The van der Waals surface area contributed by atoms with Gasteiger partial charge in [-0.1, -0.05) is 232 Å². The molecule has 0 spiro atoms. The van der Waals surface area contributed by atoms with E-state index in [0.717, 1.165) is 135 Å². The largest absolute Gasteiger partial charge is 0.310 e. The molecule has 14 aromatic rings. The Balaban J connectivity index is 0.699. The highest BCUT2D eigenvalue weighted by Crippen LogP contribution is 2.43. The Kier molecular flexibility index (Phi) is 17.1. The van der Waals surface area contributed by atoms with E-state index in [2.05, 4.69) is 398 Å². The maximum atomic E-state index is 3.94. The topological polar surface area (TPSA) is 13.0 Å². The van der Waals surface area contributed by atoms with Crippen molar-refractivity contribution in [2.75, 3.05) is 19.6 Å². The predicted molar refractivity (Wildman–Crippen MR) is 402 cm³/mol. The van der Waals surface area contributed by atoms with Crippen LogP contribution in [-0.2, 0) is 0 Å². The third-order valence-corrected chi connectivity index (χ3v) is 17.5. The molecule has 0 amide bonds. The third kappa shape index (κ3) is 12.9. The van der Waals surface area contributed by atoms with Crippen LogP contribution in [0.5, 0.6) is 0 Å². The minimum atomic E-state index is 1.08. The number of anilines is 12. The number of hydrogen-bond donors (Lipinski definition) is 0. The molecule has 0 fully saturated rings. The maximum Gasteiger partial charge on any atom is 0.0467 e. The molecule has 14 aromatic carbocycles. The maximum absolute atomic E-state index is 3.94. The lowest BCUT2D eigenvalue weighted by atomic mass is 10.0. The van der Waals surface area contributed by atoms with E-state index in [1.165, 1.54) is 11.1 Å². The highest BCUT2D eigenvalue weighted by molar-refractivity contribution is 5.86. The van der Waals surface area contributed by atoms with E-state index >= 15 is 0 Å². The molecule has 4 heteroatoms. The van der Waals surface area contributed by atoms with E-state index in [4.69, 9.17) is 0 Å². The van der Waals surface area contributed by atoms with E-state index in [1.54, 1.807) is 0 Å². The summed E-state index contributed by atoms with van der Waals surface area (Å²) < 4.78 is 0. The quantitative estimate of drug-likeness (QED) is 0.0800. The molecule has 0 unspecified atom stereocenters. The van der Waals surface area contributed by atoms with Gasteiger partial charge in [-0.05, 0) is 237 Å². The van der Waals surface area contributed by atoms with Gasteiger partial charge in [-0.2, -0.15) is 0 Å². The van der Waals surface area contributed by atoms with Gasteiger partial charge in [0.15, 0.2) is 0 Å². The minimum Gasteiger partial charge on any atom is -0.310 e. The second-order valence-corrected chi connectivity index (χ2v) is 23.7. The van der Waals surface area contributed by atoms with Crippen LogP contribution in [0, 0.1) is 13.8 Å². The molecule has 0 aliphatic rings. The zero-order chi connectivity index (χ0) is 63.7. The SMILES string of the molecule is C=Cc1ccc(-c2cccc(N(c3ccccc3)c3ccc(-c4ccc(N(c5ccc(-c6ccc(N(c7ccc(-c8ccc(N(c9ccccc9)c9cccc(-c%10ccc(C=C)cc%10)c9)cc8)cc7)c7cccc(C)c7)cc6)cc5)c5cccc(C)c5)cc4)cc3)c2)cc1. The molecule has 0 saturated carbocycles. The smallest absolute Gasteiger partial charge is 0.0467 e. The molecule has 0 atom stereocenters. The molecule has 0 aliphatic carbocycles. The summed E-state index contributed by atoms with van der Waals surface area (Å²) >= 11 is 0. The average molecular weight is 1210 g/mol. The Labute approximate surface area is 553 Å². The van der Waals surface area contributed by atoms with Crippen molar-refractivity contribution in [2.24, 2.45) is 0 Å². The molecule has 0 heterocycles. The van der Waals surface area contributed by atoms with Crippen LogP contribution in [-0.4, -0.2) is 0 Å². The molecule has 0 radical (unpaired) electrons. The molecule has 0 N–H and O–H groups in total. The molecule has 0 aromatic heterocycles. The lowest BCUT2D eigenvalue weighted by molar-refractivity contribution is 1.27. The summed E-state index contributed by atoms with van der Waals surface area (Å²) in [7, 11) is 0. The number of benzene rings is 14. The minimum absolute atomic E-state index is 1.08. The number of nitrogens with zero attached hydrogens (tertiary/aromatic N) is 4. The van der Waals surface area contributed by atoms with Gasteiger partial charge in [0.05, 0.1) is 0 Å². The van der Waals surface area contributed by atoms with E-state index in [-0.39, 0.29) is 0 Å². The number of aryl methyl sites for hydroxylation is 2. The standard InChI is InChI=1S/C90H70N4/c1-5-67-29-33-75(34-30-67)77-19-15-27-89(63-77)91(79-21-9-7-10-22-79)81-49-37-69(38-50-81)71-41-53-83(54-42-71)93(87-25-13-17-65(3)61-87)85-57-45-73(46-58-85)74-47-59-86(60-48-74)94(88-26-14-18-66(4)62-88)84-55-43-72(44-56-84)70-39-51-82(52-40-70)92(80-23-11-8-12-24-80)90-28-16-20-78(64-90)76-35-31-68(6-2)32-36-76/h5-64H,1-2H2,3-4H3. The van der Waals surface area contributed by atoms with Crippen molar-refractivity contribution in [1.82, 2.24) is 0 Å². The molecule has 4 nitrogen and oxygen atoms in total. The Morgan fingerprint density at radius 1 is 0.181 bits per heavy atom. The first-order valence-electron chi connectivity index (χ1n) is 32.0. The van der Waals surface area contributed by atoms with Gasteiger partial charge >= 0.3 is 0 Å². The fraction of sp³-hybridized carbons (Fsp3) is 0.0222. The van der Waals surface area contributed by atoms with Gasteiger partial charge in [0.2, 0.25) is 0 Å². The van der Waals surface area contributed by atoms with Crippen LogP contribution in [0.2, 0.25) is 0 Å². The zero-order valence-electron chi connectivity index (χ0n) is 52.8. The highest BCUT2D eigenvalue weighted by Gasteiger charge is 2.19. The molecule has 450 valence electrons. The third-order valence-electron chi connectivity index (χ3n) is 17.5. The van der Waals surface area contributed by atoms with Gasteiger partial charge in [0, 0.05) is 68.2 Å². The first-order chi connectivity index (χ1) is 46.3. The molecular formula is C90H70N4. The molecule has 0 bridgehead atoms. The van der Waals surface area contributed by atoms with Crippen molar-refractivity contribution in [3.63, 3.8) is 0 Å². The van der Waals surface area contributed by atoms with E-state index < -0.39 is 0 Å². The van der Waals surface area contributed by atoms with Crippen LogP contribution < -0.4 is 19.6 Å². The summed E-state index contributed by atoms with van der Waals surface area (Å²) in [6, 6.07) is 127. The molecule has 0 aliphatic heterocycles. The Morgan fingerprint density at radius 3 is 0.628 bits per heavy atom. The van der Waals surface area contributed by atoms with Crippen LogP contribution in [0.4, 0.5) is 68.2 Å². The van der Waals surface area contributed by atoms with Crippen LogP contribution in [0.25, 0.3) is 67.8 Å². The highest BCUT2D eigenvalue weighted by atomic mass is 15.2. The summed E-state index contributed by atoms with van der Waals surface area (Å²) in [6.45, 7) is 12.2. The van der Waals surface area contributed by atoms with Gasteiger partial charge < -0.3 is 19.6 Å².